The third-order valence-electron chi connectivity index (χ3n) is 1.69. The summed E-state index contributed by atoms with van der Waals surface area (Å²) in [6, 6.07) is 5.32. The van der Waals surface area contributed by atoms with E-state index in [1.165, 1.54) is 19.1 Å². The number of rotatable bonds is 1. The van der Waals surface area contributed by atoms with Crippen molar-refractivity contribution in [1.82, 2.24) is 0 Å². The van der Waals surface area contributed by atoms with Crippen molar-refractivity contribution in [3.05, 3.63) is 35.4 Å². The highest BCUT2D eigenvalue weighted by Gasteiger charge is 2.33. The van der Waals surface area contributed by atoms with Gasteiger partial charge in [0, 0.05) is 0 Å². The molecule has 0 fully saturated rings. The van der Waals surface area contributed by atoms with Gasteiger partial charge in [0.05, 0.1) is 10.9 Å². The van der Waals surface area contributed by atoms with E-state index in [-0.39, 0.29) is 5.56 Å². The lowest BCUT2D eigenvalue weighted by Gasteiger charge is -2.13. The Balaban J connectivity index is 3.20. The van der Waals surface area contributed by atoms with Crippen LogP contribution >= 0.6 is 11.6 Å². The van der Waals surface area contributed by atoms with Gasteiger partial charge >= 0.3 is 6.18 Å². The van der Waals surface area contributed by atoms with Crippen molar-refractivity contribution in [2.24, 2.45) is 0 Å². The van der Waals surface area contributed by atoms with Gasteiger partial charge in [0.25, 0.3) is 0 Å². The Morgan fingerprint density at radius 1 is 1.23 bits per heavy atom. The van der Waals surface area contributed by atoms with Crippen LogP contribution in [0.15, 0.2) is 24.3 Å². The Morgan fingerprint density at radius 2 is 1.77 bits per heavy atom. The second kappa shape index (κ2) is 3.58. The minimum absolute atomic E-state index is 0.122. The van der Waals surface area contributed by atoms with E-state index < -0.39 is 17.1 Å². The first kappa shape index (κ1) is 10.4. The van der Waals surface area contributed by atoms with Gasteiger partial charge < -0.3 is 0 Å². The van der Waals surface area contributed by atoms with Gasteiger partial charge in [0.1, 0.15) is 0 Å². The van der Waals surface area contributed by atoms with Crippen molar-refractivity contribution in [3.63, 3.8) is 0 Å². The first-order valence-electron chi connectivity index (χ1n) is 3.73. The number of benzene rings is 1. The summed E-state index contributed by atoms with van der Waals surface area (Å²) in [5.74, 6) is 0. The van der Waals surface area contributed by atoms with Crippen LogP contribution in [0.3, 0.4) is 0 Å². The molecule has 0 aliphatic heterocycles. The third-order valence-corrected chi connectivity index (χ3v) is 1.93. The smallest absolute Gasteiger partial charge is 0.166 e. The maximum absolute atomic E-state index is 12.4. The standard InChI is InChI=1S/C9H8ClF3/c1-6(10)7-4-2-3-5-8(7)9(11,12)13/h2-6H,1H3. The predicted octanol–water partition coefficient (Wildman–Crippen LogP) is 4.01. The quantitative estimate of drug-likeness (QED) is 0.612. The minimum Gasteiger partial charge on any atom is -0.166 e. The summed E-state index contributed by atoms with van der Waals surface area (Å²) in [5, 5.41) is -0.627. The van der Waals surface area contributed by atoms with E-state index in [9.17, 15) is 13.2 Å². The molecule has 0 bridgehead atoms. The number of hydrogen-bond acceptors (Lipinski definition) is 0. The van der Waals surface area contributed by atoms with Crippen LogP contribution in [-0.4, -0.2) is 0 Å². The van der Waals surface area contributed by atoms with Crippen molar-refractivity contribution in [1.29, 1.82) is 0 Å². The average molecular weight is 209 g/mol. The van der Waals surface area contributed by atoms with Crippen molar-refractivity contribution in [2.45, 2.75) is 18.5 Å². The summed E-state index contributed by atoms with van der Waals surface area (Å²) in [6.07, 6.45) is -4.32. The summed E-state index contributed by atoms with van der Waals surface area (Å²) >= 11 is 5.61. The first-order valence-corrected chi connectivity index (χ1v) is 4.16. The molecule has 0 saturated carbocycles. The second-order valence-electron chi connectivity index (χ2n) is 2.70. The zero-order chi connectivity index (χ0) is 10.1. The van der Waals surface area contributed by atoms with Gasteiger partial charge in [-0.2, -0.15) is 13.2 Å². The summed E-state index contributed by atoms with van der Waals surface area (Å²) in [4.78, 5) is 0. The van der Waals surface area contributed by atoms with Gasteiger partial charge in [-0.1, -0.05) is 18.2 Å². The highest BCUT2D eigenvalue weighted by molar-refractivity contribution is 6.20. The summed E-state index contributed by atoms with van der Waals surface area (Å²) in [6.45, 7) is 1.52. The van der Waals surface area contributed by atoms with Gasteiger partial charge in [-0.15, -0.1) is 11.6 Å². The summed E-state index contributed by atoms with van der Waals surface area (Å²) < 4.78 is 37.1. The normalized spacial score (nSPS) is 14.2. The Morgan fingerprint density at radius 3 is 2.15 bits per heavy atom. The monoisotopic (exact) mass is 208 g/mol. The molecular formula is C9H8ClF3. The van der Waals surface area contributed by atoms with Crippen molar-refractivity contribution in [3.8, 4) is 0 Å². The largest absolute Gasteiger partial charge is 0.416 e. The molecule has 4 heteroatoms. The van der Waals surface area contributed by atoms with E-state index in [0.717, 1.165) is 6.07 Å². The molecule has 0 amide bonds. The van der Waals surface area contributed by atoms with Crippen LogP contribution in [0.25, 0.3) is 0 Å². The Hall–Kier alpha value is -0.700. The lowest BCUT2D eigenvalue weighted by molar-refractivity contribution is -0.138. The SMILES string of the molecule is CC(Cl)c1ccccc1C(F)(F)F. The predicted molar refractivity (Wildman–Crippen MR) is 45.7 cm³/mol. The van der Waals surface area contributed by atoms with Crippen LogP contribution in [0.1, 0.15) is 23.4 Å². The van der Waals surface area contributed by atoms with Crippen molar-refractivity contribution in [2.75, 3.05) is 0 Å². The lowest BCUT2D eigenvalue weighted by atomic mass is 10.1. The second-order valence-corrected chi connectivity index (χ2v) is 3.36. The summed E-state index contributed by atoms with van der Waals surface area (Å²) in [7, 11) is 0. The molecule has 0 aliphatic carbocycles. The lowest BCUT2D eigenvalue weighted by Crippen LogP contribution is -2.09. The molecule has 0 heterocycles. The van der Waals surface area contributed by atoms with Crippen LogP contribution in [0.2, 0.25) is 0 Å². The molecule has 1 aromatic rings. The van der Waals surface area contributed by atoms with Gasteiger partial charge in [-0.3, -0.25) is 0 Å². The van der Waals surface area contributed by atoms with Crippen LogP contribution in [0.4, 0.5) is 13.2 Å². The number of hydrogen-bond donors (Lipinski definition) is 0. The minimum atomic E-state index is -4.32. The molecule has 13 heavy (non-hydrogen) atoms. The molecule has 0 spiro atoms. The molecule has 0 radical (unpaired) electrons. The van der Waals surface area contributed by atoms with E-state index in [2.05, 4.69) is 0 Å². The van der Waals surface area contributed by atoms with E-state index >= 15 is 0 Å². The van der Waals surface area contributed by atoms with E-state index in [4.69, 9.17) is 11.6 Å². The van der Waals surface area contributed by atoms with Crippen LogP contribution in [-0.2, 0) is 6.18 Å². The third kappa shape index (κ3) is 2.37. The fraction of sp³-hybridized carbons (Fsp3) is 0.333. The molecule has 72 valence electrons. The van der Waals surface area contributed by atoms with Crippen molar-refractivity contribution < 1.29 is 13.2 Å². The molecule has 1 unspecified atom stereocenters. The Kier molecular flexibility index (Phi) is 2.86. The Labute approximate surface area is 79.3 Å². The molecule has 0 aromatic heterocycles. The molecular weight excluding hydrogens is 201 g/mol. The zero-order valence-corrected chi connectivity index (χ0v) is 7.65. The number of halogens is 4. The fourth-order valence-corrected chi connectivity index (χ4v) is 1.29. The van der Waals surface area contributed by atoms with E-state index in [0.29, 0.717) is 0 Å². The topological polar surface area (TPSA) is 0 Å². The molecule has 1 rings (SSSR count). The molecule has 0 nitrogen and oxygen atoms in total. The van der Waals surface area contributed by atoms with Gasteiger partial charge in [-0.05, 0) is 18.6 Å². The molecule has 0 N–H and O–H groups in total. The van der Waals surface area contributed by atoms with E-state index in [1.807, 2.05) is 0 Å². The van der Waals surface area contributed by atoms with Gasteiger partial charge in [0.15, 0.2) is 0 Å². The van der Waals surface area contributed by atoms with Crippen LogP contribution in [0.5, 0.6) is 0 Å². The highest BCUT2D eigenvalue weighted by Crippen LogP contribution is 2.35. The van der Waals surface area contributed by atoms with Gasteiger partial charge in [0.2, 0.25) is 0 Å². The highest BCUT2D eigenvalue weighted by atomic mass is 35.5. The molecule has 0 aliphatic rings. The van der Waals surface area contributed by atoms with Crippen LogP contribution in [0, 0.1) is 0 Å². The first-order chi connectivity index (χ1) is 5.93. The maximum atomic E-state index is 12.4. The van der Waals surface area contributed by atoms with Gasteiger partial charge in [-0.25, -0.2) is 0 Å². The molecule has 1 aromatic carbocycles. The average Bonchev–Trinajstić information content (AvgIpc) is 2.03. The number of alkyl halides is 4. The zero-order valence-electron chi connectivity index (χ0n) is 6.90. The van der Waals surface area contributed by atoms with Crippen molar-refractivity contribution >= 4 is 11.6 Å². The molecule has 0 saturated heterocycles. The van der Waals surface area contributed by atoms with Crippen LogP contribution < -0.4 is 0 Å². The fourth-order valence-electron chi connectivity index (χ4n) is 1.10. The van der Waals surface area contributed by atoms with E-state index in [1.54, 1.807) is 6.07 Å². The maximum Gasteiger partial charge on any atom is 0.416 e. The Bertz CT molecular complexity index is 291. The summed E-state index contributed by atoms with van der Waals surface area (Å²) in [5.41, 5.74) is -0.533. The molecule has 1 atom stereocenters.